The Morgan fingerprint density at radius 3 is 2.18 bits per heavy atom. The highest BCUT2D eigenvalue weighted by Crippen LogP contribution is 2.33. The minimum absolute atomic E-state index is 0.00463. The van der Waals surface area contributed by atoms with Gasteiger partial charge in [0, 0.05) is 38.7 Å². The molecule has 4 rings (SSSR count). The zero-order valence-corrected chi connectivity index (χ0v) is 29.6. The van der Waals surface area contributed by atoms with Crippen LogP contribution in [0.25, 0.3) is 10.8 Å². The van der Waals surface area contributed by atoms with E-state index in [-0.39, 0.29) is 43.4 Å². The van der Waals surface area contributed by atoms with Crippen molar-refractivity contribution in [3.63, 3.8) is 0 Å². The number of aliphatic hydroxyl groups excluding tert-OH is 1. The molecule has 2 aromatic carbocycles. The van der Waals surface area contributed by atoms with Crippen molar-refractivity contribution < 1.29 is 34.2 Å². The average Bonchev–Trinajstić information content (AvgIpc) is 3.53. The Balaban J connectivity index is 0.000000979. The first kappa shape index (κ1) is 41.4. The fourth-order valence-electron chi connectivity index (χ4n) is 6.19. The first-order valence-electron chi connectivity index (χ1n) is 16.6. The number of fused-ring (bicyclic) bond motifs is 1. The van der Waals surface area contributed by atoms with Crippen LogP contribution in [0.2, 0.25) is 0 Å². The number of hydrogen-bond acceptors (Lipinski definition) is 10. The smallest absolute Gasteiger partial charge is 0.251 e. The molecule has 15 heteroatoms. The monoisotopic (exact) mass is 698 g/mol. The van der Waals surface area contributed by atoms with E-state index < -0.39 is 41.1 Å². The number of aliphatic hydroxyl groups is 2. The zero-order chi connectivity index (χ0) is 37.6. The molecule has 1 saturated carbocycles. The van der Waals surface area contributed by atoms with Crippen LogP contribution in [0.15, 0.2) is 54.4 Å². The average molecular weight is 699 g/mol. The number of primary amides is 1. The van der Waals surface area contributed by atoms with Crippen LogP contribution in [-0.4, -0.2) is 99.6 Å². The number of amides is 5. The van der Waals surface area contributed by atoms with Crippen LogP contribution in [0.1, 0.15) is 76.6 Å². The largest absolute Gasteiger partial charge is 0.403 e. The third-order valence-corrected chi connectivity index (χ3v) is 9.04. The van der Waals surface area contributed by atoms with Gasteiger partial charge < -0.3 is 47.5 Å². The van der Waals surface area contributed by atoms with E-state index in [0.717, 1.165) is 30.0 Å². The number of nitrogens with zero attached hydrogens (tertiary/aromatic N) is 2. The maximum atomic E-state index is 13.8. The molecule has 1 aliphatic heterocycles. The van der Waals surface area contributed by atoms with E-state index in [2.05, 4.69) is 21.7 Å². The lowest BCUT2D eigenvalue weighted by Crippen LogP contribution is -2.60. The SMILES string of the molecule is CC(O)C1(NC(=O)C2CC(N(N)/C(=C\N)C(C)(C)O)CN2C(=O)CNC(=O)c2ccc3ccccc3c2)CCCCC1.CNC(C)=O.NC=O. The number of likely N-dealkylation sites (tertiary alicyclic amines) is 1. The molecule has 2 aliphatic rings. The van der Waals surface area contributed by atoms with E-state index in [4.69, 9.17) is 16.4 Å². The number of hydrazine groups is 1. The van der Waals surface area contributed by atoms with Crippen molar-refractivity contribution in [1.82, 2.24) is 25.9 Å². The number of nitrogens with two attached hydrogens (primary N) is 3. The van der Waals surface area contributed by atoms with Gasteiger partial charge in [0.05, 0.1) is 29.9 Å². The van der Waals surface area contributed by atoms with Crippen LogP contribution in [0.5, 0.6) is 0 Å². The Kier molecular flexibility index (Phi) is 15.6. The molecule has 15 nitrogen and oxygen atoms in total. The molecule has 1 saturated heterocycles. The standard InChI is InChI=1S/C31H44N6O5.C3H7NO.CH3NO/c1-20(38)31(13-7-4-8-14-31)35-29(41)25-16-24(37(33)26(17-32)30(2,3)42)19-36(25)27(39)18-34-28(40)23-12-11-21-9-5-6-10-22(21)15-23;1-3(5)4-2;2-1-3/h5-6,9-12,15,17,20,24-25,38,42H,4,7-8,13-14,16,18-19,32-33H2,1-3H3,(H,34,40)(H,35,41);1-2H3,(H,4,5);1H,(H2,2,3)/b26-17-;;. The number of carbonyl (C=O) groups is 5. The first-order valence-corrected chi connectivity index (χ1v) is 16.6. The van der Waals surface area contributed by atoms with Gasteiger partial charge in [0.2, 0.25) is 24.1 Å². The summed E-state index contributed by atoms with van der Waals surface area (Å²) in [4.78, 5) is 60.0. The molecule has 2 fully saturated rings. The maximum Gasteiger partial charge on any atom is 0.251 e. The third-order valence-electron chi connectivity index (χ3n) is 9.04. The molecule has 3 unspecified atom stereocenters. The second kappa shape index (κ2) is 18.9. The predicted molar refractivity (Wildman–Crippen MR) is 190 cm³/mol. The number of hydrogen-bond donors (Lipinski definition) is 8. The van der Waals surface area contributed by atoms with Crippen LogP contribution in [0.4, 0.5) is 0 Å². The molecule has 11 N–H and O–H groups in total. The highest BCUT2D eigenvalue weighted by Gasteiger charge is 2.46. The van der Waals surface area contributed by atoms with Crippen molar-refractivity contribution in [1.29, 1.82) is 0 Å². The summed E-state index contributed by atoms with van der Waals surface area (Å²) in [7, 11) is 1.60. The van der Waals surface area contributed by atoms with E-state index in [1.165, 1.54) is 23.0 Å². The molecular formula is C35H54N8O7. The highest BCUT2D eigenvalue weighted by molar-refractivity contribution is 6.00. The zero-order valence-electron chi connectivity index (χ0n) is 29.6. The second-order valence-corrected chi connectivity index (χ2v) is 13.0. The lowest BCUT2D eigenvalue weighted by Gasteiger charge is -2.41. The summed E-state index contributed by atoms with van der Waals surface area (Å²) in [5.74, 6) is 5.16. The van der Waals surface area contributed by atoms with Gasteiger partial charge >= 0.3 is 0 Å². The molecule has 3 atom stereocenters. The summed E-state index contributed by atoms with van der Waals surface area (Å²) in [6.07, 6.45) is 4.96. The highest BCUT2D eigenvalue weighted by atomic mass is 16.3. The van der Waals surface area contributed by atoms with Gasteiger partial charge in [0.15, 0.2) is 0 Å². The Labute approximate surface area is 293 Å². The van der Waals surface area contributed by atoms with Gasteiger partial charge in [-0.3, -0.25) is 24.0 Å². The molecule has 0 spiro atoms. The molecule has 50 heavy (non-hydrogen) atoms. The molecule has 0 aromatic heterocycles. The number of benzene rings is 2. The Hall–Kier alpha value is -4.73. The summed E-state index contributed by atoms with van der Waals surface area (Å²) in [5, 5.41) is 32.6. The lowest BCUT2D eigenvalue weighted by atomic mass is 9.78. The summed E-state index contributed by atoms with van der Waals surface area (Å²) in [5.41, 5.74) is 8.49. The van der Waals surface area contributed by atoms with Crippen LogP contribution >= 0.6 is 0 Å². The molecule has 0 radical (unpaired) electrons. The van der Waals surface area contributed by atoms with Gasteiger partial charge in [0.25, 0.3) is 5.91 Å². The van der Waals surface area contributed by atoms with Crippen molar-refractivity contribution in [3.8, 4) is 0 Å². The molecule has 2 aromatic rings. The Morgan fingerprint density at radius 1 is 1.08 bits per heavy atom. The van der Waals surface area contributed by atoms with Crippen LogP contribution in [0.3, 0.4) is 0 Å². The normalized spacial score (nSPS) is 19.0. The molecule has 5 amide bonds. The number of carbonyl (C=O) groups excluding carboxylic acids is 5. The quantitative estimate of drug-likeness (QED) is 0.101. The van der Waals surface area contributed by atoms with E-state index in [1.807, 2.05) is 30.3 Å². The van der Waals surface area contributed by atoms with E-state index in [1.54, 1.807) is 40.0 Å². The molecule has 1 heterocycles. The molecular weight excluding hydrogens is 644 g/mol. The fourth-order valence-corrected chi connectivity index (χ4v) is 6.19. The predicted octanol–water partition coefficient (Wildman–Crippen LogP) is 0.340. The van der Waals surface area contributed by atoms with Gasteiger partial charge in [-0.1, -0.05) is 49.6 Å². The summed E-state index contributed by atoms with van der Waals surface area (Å²) < 4.78 is 0. The Morgan fingerprint density at radius 2 is 1.66 bits per heavy atom. The molecule has 276 valence electrons. The minimum atomic E-state index is -1.36. The lowest BCUT2D eigenvalue weighted by molar-refractivity contribution is -0.139. The van der Waals surface area contributed by atoms with Gasteiger partial charge in [-0.05, 0) is 56.5 Å². The fraction of sp³-hybridized carbons (Fsp3) is 0.514. The van der Waals surface area contributed by atoms with E-state index in [9.17, 15) is 29.4 Å². The molecule has 0 bridgehead atoms. The number of rotatable bonds is 9. The van der Waals surface area contributed by atoms with Gasteiger partial charge in [-0.25, -0.2) is 5.84 Å². The second-order valence-electron chi connectivity index (χ2n) is 13.0. The van der Waals surface area contributed by atoms with E-state index in [0.29, 0.717) is 18.4 Å². The number of nitrogens with one attached hydrogen (secondary N) is 3. The van der Waals surface area contributed by atoms with Crippen molar-refractivity contribution >= 4 is 40.8 Å². The van der Waals surface area contributed by atoms with Gasteiger partial charge in [0.1, 0.15) is 11.6 Å². The van der Waals surface area contributed by atoms with Crippen LogP contribution in [0, 0.1) is 0 Å². The summed E-state index contributed by atoms with van der Waals surface area (Å²) in [6.45, 7) is 6.00. The third kappa shape index (κ3) is 11.1. The maximum absolute atomic E-state index is 13.8. The first-order chi connectivity index (χ1) is 23.5. The summed E-state index contributed by atoms with van der Waals surface area (Å²) >= 11 is 0. The van der Waals surface area contributed by atoms with Crippen molar-refractivity contribution in [2.75, 3.05) is 20.1 Å². The van der Waals surface area contributed by atoms with Gasteiger partial charge in [-0.15, -0.1) is 0 Å². The van der Waals surface area contributed by atoms with Gasteiger partial charge in [-0.2, -0.15) is 0 Å². The van der Waals surface area contributed by atoms with Crippen LogP contribution < -0.4 is 33.3 Å². The van der Waals surface area contributed by atoms with E-state index >= 15 is 0 Å². The minimum Gasteiger partial charge on any atom is -0.403 e. The van der Waals surface area contributed by atoms with Crippen molar-refractivity contribution in [2.45, 2.75) is 95.5 Å². The molecule has 1 aliphatic carbocycles. The van der Waals surface area contributed by atoms with Crippen LogP contribution in [-0.2, 0) is 19.2 Å². The summed E-state index contributed by atoms with van der Waals surface area (Å²) in [6, 6.07) is 11.6. The van der Waals surface area contributed by atoms with Crippen molar-refractivity contribution in [3.05, 3.63) is 59.9 Å². The Bertz CT molecular complexity index is 1500. The van der Waals surface area contributed by atoms with Crippen molar-refractivity contribution in [2.24, 2.45) is 17.3 Å². The topological polar surface area (TPSA) is 246 Å².